The summed E-state index contributed by atoms with van der Waals surface area (Å²) in [5.74, 6) is -0.350. The number of ketones is 1. The smallest absolute Gasteiger partial charge is 0.309 e. The van der Waals surface area contributed by atoms with E-state index in [9.17, 15) is 24.3 Å². The fourth-order valence-corrected chi connectivity index (χ4v) is 14.9. The Balaban J connectivity index is 1.14. The predicted molar refractivity (Wildman–Crippen MR) is 228 cm³/mol. The molecule has 10 heteroatoms. The first-order chi connectivity index (χ1) is 27.4. The molecule has 0 bridgehead atoms. The van der Waals surface area contributed by atoms with Gasteiger partial charge >= 0.3 is 11.9 Å². The first kappa shape index (κ1) is 43.9. The maximum absolute atomic E-state index is 14.3. The molecule has 1 heterocycles. The summed E-state index contributed by atoms with van der Waals surface area (Å²) in [5.41, 5.74) is 2.72. The molecule has 5 fully saturated rings. The zero-order chi connectivity index (χ0) is 43.2. The Morgan fingerprint density at radius 3 is 2.19 bits per heavy atom. The minimum Gasteiger partial charge on any atom is -0.481 e. The van der Waals surface area contributed by atoms with Gasteiger partial charge in [0.15, 0.2) is 5.78 Å². The number of hydrogen-bond acceptors (Lipinski definition) is 8. The Labute approximate surface area is 354 Å². The average Bonchev–Trinajstić information content (AvgIpc) is 3.44. The first-order valence-corrected chi connectivity index (χ1v) is 22.9. The second-order valence-electron chi connectivity index (χ2n) is 22.7. The zero-order valence-corrected chi connectivity index (χ0v) is 38.4. The number of carbonyl (C=O) groups excluding carboxylic acids is 3. The molecular weight excluding hydrogens is 741 g/mol. The lowest BCUT2D eigenvalue weighted by molar-refractivity contribution is -0.236. The van der Waals surface area contributed by atoms with Gasteiger partial charge in [-0.05, 0) is 136 Å². The lowest BCUT2D eigenvalue weighted by Crippen LogP contribution is -2.66. The van der Waals surface area contributed by atoms with Crippen molar-refractivity contribution in [1.82, 2.24) is 19.8 Å². The minimum atomic E-state index is -0.829. The molecule has 0 radical (unpaired) electrons. The lowest BCUT2D eigenvalue weighted by Gasteiger charge is -2.72. The Morgan fingerprint density at radius 1 is 0.847 bits per heavy atom. The van der Waals surface area contributed by atoms with Gasteiger partial charge in [-0.25, -0.2) is 4.98 Å². The van der Waals surface area contributed by atoms with Crippen LogP contribution in [-0.4, -0.2) is 88.3 Å². The molecule has 7 rings (SSSR count). The molecule has 1 aromatic rings. The van der Waals surface area contributed by atoms with Gasteiger partial charge in [0.25, 0.3) is 5.91 Å². The van der Waals surface area contributed by atoms with Crippen LogP contribution in [0.15, 0.2) is 23.5 Å². The molecule has 0 aromatic carbocycles. The zero-order valence-electron chi connectivity index (χ0n) is 38.4. The molecule has 1 amide bonds. The van der Waals surface area contributed by atoms with Crippen molar-refractivity contribution in [2.24, 2.45) is 68.0 Å². The number of hydrogen-bond donors (Lipinski definition) is 1. The normalized spacial score (nSPS) is 38.2. The Hall–Kier alpha value is -3.14. The summed E-state index contributed by atoms with van der Waals surface area (Å²) in [6, 6.07) is 0. The standard InChI is InChI=1S/C49H74N4O6/c1-29(2)39-35(54)26-49(21-22-53(24-23-52(11)12)41(55)34-28-50-27-30(3)51-34)20-19-47(9)31(40(39)49)13-14-37-46(8)17-16-38(45(6,7)36(46)15-18-48(37,47)10)59-43(58)33-25-32(42(56)57)44(33,4)5/h27-29,31-33,36-38H,13-26H2,1-12H3,(H,56,57)/t31-,32+,33-,36+,37-,38+,46+,47-,48-,49-/m1/s1. The van der Waals surface area contributed by atoms with E-state index in [4.69, 9.17) is 4.74 Å². The third-order valence-corrected chi connectivity index (χ3v) is 18.6. The van der Waals surface area contributed by atoms with Crippen molar-refractivity contribution < 1.29 is 29.0 Å². The highest BCUT2D eigenvalue weighted by molar-refractivity contribution is 6.00. The number of ether oxygens (including phenoxy) is 1. The van der Waals surface area contributed by atoms with E-state index in [1.807, 2.05) is 39.8 Å². The molecular formula is C49H74N4O6. The number of aryl methyl sites for hydroxylation is 1. The molecule has 0 saturated heterocycles. The predicted octanol–water partition coefficient (Wildman–Crippen LogP) is 8.82. The maximum Gasteiger partial charge on any atom is 0.309 e. The van der Waals surface area contributed by atoms with Crippen molar-refractivity contribution >= 4 is 23.6 Å². The quantitative estimate of drug-likeness (QED) is 0.218. The molecule has 326 valence electrons. The molecule has 0 spiro atoms. The van der Waals surface area contributed by atoms with Crippen LogP contribution in [0.5, 0.6) is 0 Å². The van der Waals surface area contributed by atoms with Crippen LogP contribution in [0.3, 0.4) is 0 Å². The van der Waals surface area contributed by atoms with E-state index in [1.165, 1.54) is 5.57 Å². The summed E-state index contributed by atoms with van der Waals surface area (Å²) in [6.07, 6.45) is 13.0. The van der Waals surface area contributed by atoms with Gasteiger partial charge in [-0.2, -0.15) is 0 Å². The molecule has 10 atom stereocenters. The number of carboxylic acids is 1. The van der Waals surface area contributed by atoms with Gasteiger partial charge in [-0.3, -0.25) is 24.2 Å². The van der Waals surface area contributed by atoms with Crippen LogP contribution in [0.4, 0.5) is 0 Å². The summed E-state index contributed by atoms with van der Waals surface area (Å²) in [7, 11) is 4.06. The van der Waals surface area contributed by atoms with E-state index in [0.717, 1.165) is 75.6 Å². The van der Waals surface area contributed by atoms with Gasteiger partial charge in [0.05, 0.1) is 23.7 Å². The monoisotopic (exact) mass is 815 g/mol. The number of carbonyl (C=O) groups is 4. The molecule has 0 aliphatic heterocycles. The highest BCUT2D eigenvalue weighted by Gasteiger charge is 2.70. The number of Topliss-reactive ketones (excluding diaryl/α,β-unsaturated/α-hetero) is 1. The van der Waals surface area contributed by atoms with Crippen LogP contribution in [-0.2, 0) is 19.1 Å². The van der Waals surface area contributed by atoms with Gasteiger partial charge in [0.2, 0.25) is 0 Å². The van der Waals surface area contributed by atoms with Gasteiger partial charge in [-0.15, -0.1) is 0 Å². The number of carboxylic acid groups (broad SMARTS) is 1. The molecule has 1 aromatic heterocycles. The van der Waals surface area contributed by atoms with Crippen LogP contribution in [0.1, 0.15) is 149 Å². The van der Waals surface area contributed by atoms with E-state index >= 15 is 0 Å². The van der Waals surface area contributed by atoms with Crippen LogP contribution < -0.4 is 0 Å². The highest BCUT2D eigenvalue weighted by atomic mass is 16.5. The van der Waals surface area contributed by atoms with Crippen molar-refractivity contribution in [3.8, 4) is 0 Å². The van der Waals surface area contributed by atoms with Crippen LogP contribution in [0, 0.1) is 74.9 Å². The number of aliphatic carboxylic acids is 1. The average molecular weight is 815 g/mol. The summed E-state index contributed by atoms with van der Waals surface area (Å²) in [4.78, 5) is 66.8. The number of nitrogens with zero attached hydrogens (tertiary/aromatic N) is 4. The first-order valence-electron chi connectivity index (χ1n) is 22.9. The SMILES string of the molecule is Cc1cncc(C(=O)N(CCN(C)C)CC[C@@]23CC[C@]4(C)[C@H](CC[C@@H]5[C@@]6(C)CC[C@H](OC(=O)[C@H]7C[C@@H](C(=O)O)C7(C)C)C(C)(C)[C@@H]6CC[C@]54C)C2=C(C(C)C)C(=O)C3)n1. The van der Waals surface area contributed by atoms with Gasteiger partial charge in [-0.1, -0.05) is 67.9 Å². The van der Waals surface area contributed by atoms with Gasteiger partial charge in [0.1, 0.15) is 11.8 Å². The number of esters is 1. The van der Waals surface area contributed by atoms with E-state index in [1.54, 1.807) is 12.4 Å². The number of aromatic nitrogens is 2. The second-order valence-corrected chi connectivity index (χ2v) is 22.7. The summed E-state index contributed by atoms with van der Waals surface area (Å²) >= 11 is 0. The Morgan fingerprint density at radius 2 is 1.56 bits per heavy atom. The van der Waals surface area contributed by atoms with E-state index < -0.39 is 17.3 Å². The van der Waals surface area contributed by atoms with Crippen molar-refractivity contribution in [2.75, 3.05) is 33.7 Å². The summed E-state index contributed by atoms with van der Waals surface area (Å²) in [6.45, 7) is 24.3. The Bertz CT molecular complexity index is 1900. The van der Waals surface area contributed by atoms with Crippen molar-refractivity contribution in [3.63, 3.8) is 0 Å². The minimum absolute atomic E-state index is 0.0228. The molecule has 59 heavy (non-hydrogen) atoms. The van der Waals surface area contributed by atoms with E-state index in [2.05, 4.69) is 63.3 Å². The number of likely N-dealkylation sites (N-methyl/N-ethyl adjacent to an activating group) is 1. The topological polar surface area (TPSA) is 130 Å². The number of rotatable bonds is 11. The van der Waals surface area contributed by atoms with Crippen molar-refractivity contribution in [1.29, 1.82) is 0 Å². The van der Waals surface area contributed by atoms with Crippen molar-refractivity contribution in [3.05, 3.63) is 34.9 Å². The largest absolute Gasteiger partial charge is 0.481 e. The van der Waals surface area contributed by atoms with Gasteiger partial charge in [0, 0.05) is 43.1 Å². The molecule has 10 nitrogen and oxygen atoms in total. The molecule has 6 aliphatic rings. The fraction of sp³-hybridized carbons (Fsp3) is 0.796. The number of fused-ring (bicyclic) bond motifs is 7. The Kier molecular flexibility index (Phi) is 11.2. The number of allylic oxidation sites excluding steroid dienone is 2. The van der Waals surface area contributed by atoms with E-state index in [0.29, 0.717) is 55.2 Å². The van der Waals surface area contributed by atoms with E-state index in [-0.39, 0.29) is 56.9 Å². The van der Waals surface area contributed by atoms with Crippen molar-refractivity contribution in [2.45, 2.75) is 146 Å². The molecule has 0 unspecified atom stereocenters. The summed E-state index contributed by atoms with van der Waals surface area (Å²) in [5, 5.41) is 9.69. The highest BCUT2D eigenvalue weighted by Crippen LogP contribution is 2.77. The summed E-state index contributed by atoms with van der Waals surface area (Å²) < 4.78 is 6.45. The van der Waals surface area contributed by atoms with Crippen LogP contribution >= 0.6 is 0 Å². The maximum atomic E-state index is 14.3. The fourth-order valence-electron chi connectivity index (χ4n) is 14.9. The third-order valence-electron chi connectivity index (χ3n) is 18.6. The van der Waals surface area contributed by atoms with Crippen LogP contribution in [0.2, 0.25) is 0 Å². The molecule has 6 aliphatic carbocycles. The molecule has 1 N–H and O–H groups in total. The van der Waals surface area contributed by atoms with Crippen LogP contribution in [0.25, 0.3) is 0 Å². The number of amides is 1. The third kappa shape index (κ3) is 6.83. The molecule has 5 saturated carbocycles. The lowest BCUT2D eigenvalue weighted by atomic mass is 9.33. The van der Waals surface area contributed by atoms with Gasteiger partial charge < -0.3 is 19.6 Å². The second kappa shape index (κ2) is 15.0.